The summed E-state index contributed by atoms with van der Waals surface area (Å²) >= 11 is 9.41. The monoisotopic (exact) mass is 525 g/mol. The van der Waals surface area contributed by atoms with Gasteiger partial charge in [0.25, 0.3) is 0 Å². The molecule has 1 aromatic heterocycles. The number of hydrogen-bond donors (Lipinski definition) is 3. The lowest BCUT2D eigenvalue weighted by molar-refractivity contribution is 0.0698. The van der Waals surface area contributed by atoms with Gasteiger partial charge in [-0.05, 0) is 42.5 Å². The van der Waals surface area contributed by atoms with Gasteiger partial charge in [-0.25, -0.2) is 18.2 Å². The van der Waals surface area contributed by atoms with Crippen LogP contribution in [0, 0.1) is 0 Å². The lowest BCUT2D eigenvalue weighted by Crippen LogP contribution is -2.46. The van der Waals surface area contributed by atoms with E-state index in [1.165, 1.54) is 12.1 Å². The number of morpholine rings is 1. The van der Waals surface area contributed by atoms with E-state index in [4.69, 9.17) is 16.3 Å². The molecule has 1 saturated heterocycles. The van der Waals surface area contributed by atoms with Crippen LogP contribution in [0.25, 0.3) is 10.9 Å². The number of rotatable bonds is 5. The molecule has 1 aliphatic rings. The van der Waals surface area contributed by atoms with Crippen molar-refractivity contribution in [2.75, 3.05) is 25.1 Å². The molecule has 0 bridgehead atoms. The minimum Gasteiger partial charge on any atom is -0.478 e. The van der Waals surface area contributed by atoms with E-state index < -0.39 is 21.2 Å². The van der Waals surface area contributed by atoms with E-state index in [-0.39, 0.29) is 17.2 Å². The molecule has 31 heavy (non-hydrogen) atoms. The Labute approximate surface area is 191 Å². The van der Waals surface area contributed by atoms with Gasteiger partial charge in [0.1, 0.15) is 5.37 Å². The predicted molar refractivity (Wildman–Crippen MR) is 121 cm³/mol. The van der Waals surface area contributed by atoms with Gasteiger partial charge < -0.3 is 15.2 Å². The van der Waals surface area contributed by atoms with Crippen molar-refractivity contribution in [2.45, 2.75) is 10.4 Å². The first kappa shape index (κ1) is 22.0. The average Bonchev–Trinajstić information content (AvgIpc) is 2.75. The van der Waals surface area contributed by atoms with Gasteiger partial charge in [0, 0.05) is 21.4 Å². The van der Waals surface area contributed by atoms with Crippen molar-refractivity contribution in [2.24, 2.45) is 0 Å². The molecule has 0 amide bonds. The maximum absolute atomic E-state index is 13.2. The second-order valence-electron chi connectivity index (χ2n) is 6.85. The Morgan fingerprint density at radius 2 is 2.03 bits per heavy atom. The SMILES string of the molecule is O=C(O)c1cc(Br)ccc1Nc1cc(S(=O)(=O)C2COCCN2)nc2ccc(Cl)cc12. The van der Waals surface area contributed by atoms with Crippen LogP contribution in [0.15, 0.2) is 52.0 Å². The Kier molecular flexibility index (Phi) is 6.18. The molecule has 1 fully saturated rings. The number of fused-ring (bicyclic) bond motifs is 1. The summed E-state index contributed by atoms with van der Waals surface area (Å²) in [5.74, 6) is -1.13. The number of hydrogen-bond acceptors (Lipinski definition) is 7. The Balaban J connectivity index is 1.86. The van der Waals surface area contributed by atoms with E-state index in [2.05, 4.69) is 31.5 Å². The van der Waals surface area contributed by atoms with E-state index in [0.29, 0.717) is 44.9 Å². The number of nitrogens with one attached hydrogen (secondary N) is 2. The molecule has 1 aliphatic heterocycles. The lowest BCUT2D eigenvalue weighted by atomic mass is 10.1. The number of pyridine rings is 1. The number of aromatic carboxylic acids is 1. The summed E-state index contributed by atoms with van der Waals surface area (Å²) < 4.78 is 32.2. The normalized spacial score (nSPS) is 16.9. The first-order chi connectivity index (χ1) is 14.8. The largest absolute Gasteiger partial charge is 0.478 e. The Morgan fingerprint density at radius 3 is 2.74 bits per heavy atom. The van der Waals surface area contributed by atoms with Crippen molar-refractivity contribution >= 4 is 65.6 Å². The molecule has 0 saturated carbocycles. The summed E-state index contributed by atoms with van der Waals surface area (Å²) in [6.45, 7) is 0.865. The van der Waals surface area contributed by atoms with Gasteiger partial charge >= 0.3 is 5.97 Å². The third kappa shape index (κ3) is 4.53. The number of carbonyl (C=O) groups is 1. The third-order valence-electron chi connectivity index (χ3n) is 4.78. The second-order valence-corrected chi connectivity index (χ2v) is 10.3. The molecule has 0 spiro atoms. The topological polar surface area (TPSA) is 118 Å². The van der Waals surface area contributed by atoms with E-state index in [1.54, 1.807) is 30.3 Å². The van der Waals surface area contributed by atoms with E-state index >= 15 is 0 Å². The van der Waals surface area contributed by atoms with Gasteiger partial charge in [0.05, 0.1) is 35.7 Å². The van der Waals surface area contributed by atoms with Crippen LogP contribution in [-0.2, 0) is 14.6 Å². The Hall–Kier alpha value is -2.24. The van der Waals surface area contributed by atoms with Crippen LogP contribution >= 0.6 is 27.5 Å². The summed E-state index contributed by atoms with van der Waals surface area (Å²) in [4.78, 5) is 16.0. The van der Waals surface area contributed by atoms with Crippen molar-refractivity contribution < 1.29 is 23.1 Å². The molecule has 8 nitrogen and oxygen atoms in total. The highest BCUT2D eigenvalue weighted by molar-refractivity contribution is 9.10. The number of anilines is 2. The molecule has 2 heterocycles. The van der Waals surface area contributed by atoms with Crippen molar-refractivity contribution in [1.29, 1.82) is 0 Å². The zero-order valence-corrected chi connectivity index (χ0v) is 19.1. The summed E-state index contributed by atoms with van der Waals surface area (Å²) in [5.41, 5.74) is 1.09. The lowest BCUT2D eigenvalue weighted by Gasteiger charge is -2.24. The van der Waals surface area contributed by atoms with Crippen LogP contribution < -0.4 is 10.6 Å². The van der Waals surface area contributed by atoms with Gasteiger partial charge in [0.15, 0.2) is 5.03 Å². The number of benzene rings is 2. The fraction of sp³-hybridized carbons (Fsp3) is 0.200. The minimum absolute atomic E-state index is 0.0152. The standard InChI is InChI=1S/C20H17BrClN3O5S/c21-11-1-3-16(14(7-11)20(26)27)24-17-9-18(25-15-4-2-12(22)8-13(15)17)31(28,29)19-10-30-6-5-23-19/h1-4,7-9,19,23H,5-6,10H2,(H,24,25)(H,26,27). The van der Waals surface area contributed by atoms with Crippen LogP contribution in [0.4, 0.5) is 11.4 Å². The van der Waals surface area contributed by atoms with Gasteiger partial charge in [-0.3, -0.25) is 5.32 Å². The molecular weight excluding hydrogens is 510 g/mol. The third-order valence-corrected chi connectivity index (χ3v) is 7.35. The van der Waals surface area contributed by atoms with Crippen LogP contribution in [-0.4, -0.2) is 49.6 Å². The molecule has 2 aromatic carbocycles. The number of sulfone groups is 1. The van der Waals surface area contributed by atoms with Gasteiger partial charge in [-0.15, -0.1) is 0 Å². The summed E-state index contributed by atoms with van der Waals surface area (Å²) in [6, 6.07) is 11.0. The van der Waals surface area contributed by atoms with Crippen LogP contribution in [0.1, 0.15) is 10.4 Å². The van der Waals surface area contributed by atoms with Gasteiger partial charge in [-0.2, -0.15) is 0 Å². The highest BCUT2D eigenvalue weighted by atomic mass is 79.9. The molecule has 162 valence electrons. The van der Waals surface area contributed by atoms with Crippen LogP contribution in [0.5, 0.6) is 0 Å². The smallest absolute Gasteiger partial charge is 0.337 e. The van der Waals surface area contributed by atoms with E-state index in [1.807, 2.05) is 0 Å². The number of ether oxygens (including phenoxy) is 1. The maximum Gasteiger partial charge on any atom is 0.337 e. The molecule has 0 radical (unpaired) electrons. The molecule has 1 unspecified atom stereocenters. The number of halogens is 2. The first-order valence-corrected chi connectivity index (χ1v) is 11.9. The highest BCUT2D eigenvalue weighted by Crippen LogP contribution is 2.33. The fourth-order valence-corrected chi connectivity index (χ4v) is 5.20. The first-order valence-electron chi connectivity index (χ1n) is 9.21. The molecule has 4 rings (SSSR count). The molecule has 0 aliphatic carbocycles. The molecule has 3 aromatic rings. The number of carboxylic acid groups (broad SMARTS) is 1. The second kappa shape index (κ2) is 8.71. The van der Waals surface area contributed by atoms with Crippen LogP contribution in [0.2, 0.25) is 5.02 Å². The van der Waals surface area contributed by atoms with Crippen molar-refractivity contribution in [3.8, 4) is 0 Å². The summed E-state index contributed by atoms with van der Waals surface area (Å²) in [5, 5.41) is 15.5. The quantitative estimate of drug-likeness (QED) is 0.459. The average molecular weight is 527 g/mol. The Bertz CT molecular complexity index is 1280. The van der Waals surface area contributed by atoms with Crippen molar-refractivity contribution in [1.82, 2.24) is 10.3 Å². The number of nitrogens with zero attached hydrogens (tertiary/aromatic N) is 1. The highest BCUT2D eigenvalue weighted by Gasteiger charge is 2.31. The van der Waals surface area contributed by atoms with E-state index in [0.717, 1.165) is 0 Å². The molecular formula is C20H17BrClN3O5S. The summed E-state index contributed by atoms with van der Waals surface area (Å²) in [7, 11) is -3.86. The number of aromatic nitrogens is 1. The number of carboxylic acids is 1. The van der Waals surface area contributed by atoms with Crippen molar-refractivity contribution in [3.05, 3.63) is 57.5 Å². The van der Waals surface area contributed by atoms with Crippen molar-refractivity contribution in [3.63, 3.8) is 0 Å². The van der Waals surface area contributed by atoms with Gasteiger partial charge in [0.2, 0.25) is 9.84 Å². The zero-order valence-electron chi connectivity index (χ0n) is 15.9. The molecule has 1 atom stereocenters. The fourth-order valence-electron chi connectivity index (χ4n) is 3.26. The van der Waals surface area contributed by atoms with E-state index in [9.17, 15) is 18.3 Å². The predicted octanol–water partition coefficient (Wildman–Crippen LogP) is 3.81. The minimum atomic E-state index is -3.86. The van der Waals surface area contributed by atoms with Gasteiger partial charge in [-0.1, -0.05) is 27.5 Å². The Morgan fingerprint density at radius 1 is 1.23 bits per heavy atom. The molecule has 11 heteroatoms. The molecule has 3 N–H and O–H groups in total. The maximum atomic E-state index is 13.2. The zero-order chi connectivity index (χ0) is 22.2. The van der Waals surface area contributed by atoms with Crippen LogP contribution in [0.3, 0.4) is 0 Å². The summed E-state index contributed by atoms with van der Waals surface area (Å²) in [6.07, 6.45) is 0.